The predicted molar refractivity (Wildman–Crippen MR) is 508 cm³/mol. The first-order chi connectivity index (χ1) is 61.4. The van der Waals surface area contributed by atoms with Gasteiger partial charge in [-0.05, 0) is 170 Å². The van der Waals surface area contributed by atoms with E-state index >= 15 is 0 Å². The van der Waals surface area contributed by atoms with Gasteiger partial charge >= 0.3 is 0 Å². The van der Waals surface area contributed by atoms with Crippen LogP contribution in [-0.2, 0) is 0 Å². The van der Waals surface area contributed by atoms with Gasteiger partial charge in [-0.25, -0.2) is 29.9 Å². The smallest absolute Gasteiger partial charge is 0.164 e. The van der Waals surface area contributed by atoms with E-state index in [9.17, 15) is 0 Å². The SMILES string of the molecule is c1ccc(-c2cccc(-c3ccc(-c4ccc5oc6cc7c8ccccc8n(-c8ccccc8)c7cc6c5c4)c(-c4nc(-c5ccccc5)nc(-c5ccccc5)n4)c3)c2)cc1.c1ccc(-c2cccc(-c3ccc(-c4cccc5oc6cc7c8ccccc8n(-c8ccccc8)c7cc6c45)c(-c4nc(-c5ccccc5)nc(-c5ccccc5)n4)c3)c2)cc1. The van der Waals surface area contributed by atoms with Crippen LogP contribution in [0.4, 0.5) is 0 Å². The second kappa shape index (κ2) is 30.8. The van der Waals surface area contributed by atoms with Crippen LogP contribution in [0.1, 0.15) is 0 Å². The lowest BCUT2D eigenvalue weighted by atomic mass is 9.91. The normalized spacial score (nSPS) is 11.5. The van der Waals surface area contributed by atoms with Crippen molar-refractivity contribution >= 4 is 87.5 Å². The molecule has 580 valence electrons. The van der Waals surface area contributed by atoms with Gasteiger partial charge in [0.1, 0.15) is 22.3 Å². The average Bonchev–Trinajstić information content (AvgIpc) is 1.57. The van der Waals surface area contributed by atoms with Crippen molar-refractivity contribution in [1.82, 2.24) is 39.0 Å². The fraction of sp³-hybridized carbons (Fsp3) is 0. The summed E-state index contributed by atoms with van der Waals surface area (Å²) >= 11 is 0. The molecule has 0 atom stereocenters. The predicted octanol–water partition coefficient (Wildman–Crippen LogP) is 29.7. The number of hydrogen-bond acceptors (Lipinski definition) is 8. The Balaban J connectivity index is 0.000000143. The lowest BCUT2D eigenvalue weighted by Gasteiger charge is -2.15. The number of para-hydroxylation sites is 4. The van der Waals surface area contributed by atoms with E-state index in [4.69, 9.17) is 38.7 Å². The zero-order valence-corrected chi connectivity index (χ0v) is 67.0. The number of nitrogens with zero attached hydrogens (tertiary/aromatic N) is 8. The van der Waals surface area contributed by atoms with E-state index < -0.39 is 0 Å². The third kappa shape index (κ3) is 13.2. The molecule has 24 aromatic rings. The Labute approximate surface area is 713 Å². The van der Waals surface area contributed by atoms with Gasteiger partial charge in [0.05, 0.1) is 22.1 Å². The van der Waals surface area contributed by atoms with Crippen molar-refractivity contribution < 1.29 is 8.83 Å². The highest BCUT2D eigenvalue weighted by atomic mass is 16.3. The molecule has 0 bridgehead atoms. The van der Waals surface area contributed by atoms with Crippen LogP contribution in [0.15, 0.2) is 446 Å². The minimum absolute atomic E-state index is 0.588. The van der Waals surface area contributed by atoms with Gasteiger partial charge in [0.25, 0.3) is 0 Å². The Hall–Kier alpha value is -16.8. The van der Waals surface area contributed by atoms with Crippen molar-refractivity contribution in [3.05, 3.63) is 437 Å². The highest BCUT2D eigenvalue weighted by molar-refractivity contribution is 6.21. The first kappa shape index (κ1) is 72.4. The number of aromatic nitrogens is 8. The van der Waals surface area contributed by atoms with Crippen molar-refractivity contribution in [2.75, 3.05) is 0 Å². The Morgan fingerprint density at radius 1 is 0.153 bits per heavy atom. The van der Waals surface area contributed by atoms with Gasteiger partial charge in [-0.15, -0.1) is 0 Å². The van der Waals surface area contributed by atoms with Crippen LogP contribution in [0.5, 0.6) is 0 Å². The number of benzene rings is 18. The third-order valence-corrected chi connectivity index (χ3v) is 23.7. The molecule has 0 fully saturated rings. The molecule has 0 radical (unpaired) electrons. The molecule has 24 rings (SSSR count). The van der Waals surface area contributed by atoms with E-state index in [0.29, 0.717) is 34.9 Å². The van der Waals surface area contributed by atoms with Crippen molar-refractivity contribution in [1.29, 1.82) is 0 Å². The van der Waals surface area contributed by atoms with Crippen LogP contribution in [0, 0.1) is 0 Å². The number of rotatable bonds is 14. The fourth-order valence-electron chi connectivity index (χ4n) is 17.8. The summed E-state index contributed by atoms with van der Waals surface area (Å²) in [7, 11) is 0. The standard InChI is InChI=1S/2C57H36N4O/c1-5-17-37(18-6-1)40-23-15-24-41(33-40)42-31-32-44(48(34-42)57-59-55(38-19-7-2-8-20-38)58-56(60-57)39-21-9-3-10-22-39)46-28-16-30-52-54(46)49-35-51-47(36-53(49)62-52)45-27-13-14-29-50(45)61(51)43-25-11-4-12-26-43;1-5-16-37(17-6-1)40-22-15-23-41(32-40)42-28-30-45(50(33-42)57-59-55(38-18-7-2-8-19-38)58-56(60-57)39-20-9-3-10-21-39)43-29-31-53-48(34-43)49-35-52-47(36-54(49)62-53)46-26-13-14-27-51(46)61(52)44-24-11-4-12-25-44/h2*1-36H. The van der Waals surface area contributed by atoms with Crippen LogP contribution in [0.3, 0.4) is 0 Å². The fourth-order valence-corrected chi connectivity index (χ4v) is 17.8. The summed E-state index contributed by atoms with van der Waals surface area (Å²) in [6, 6.07) is 153. The number of furan rings is 2. The first-order valence-electron chi connectivity index (χ1n) is 41.7. The monoisotopic (exact) mass is 1580 g/mol. The Morgan fingerprint density at radius 2 is 0.484 bits per heavy atom. The molecule has 6 heterocycles. The van der Waals surface area contributed by atoms with Crippen LogP contribution >= 0.6 is 0 Å². The second-order valence-electron chi connectivity index (χ2n) is 31.2. The summed E-state index contributed by atoms with van der Waals surface area (Å²) in [4.78, 5) is 31.1. The summed E-state index contributed by atoms with van der Waals surface area (Å²) in [5.41, 5.74) is 28.7. The molecule has 0 aliphatic heterocycles. The minimum Gasteiger partial charge on any atom is -0.456 e. The topological polar surface area (TPSA) is 113 Å². The first-order valence-corrected chi connectivity index (χ1v) is 41.7. The Kier molecular flexibility index (Phi) is 18.0. The summed E-state index contributed by atoms with van der Waals surface area (Å²) in [5, 5.41) is 8.85. The maximum Gasteiger partial charge on any atom is 0.164 e. The van der Waals surface area contributed by atoms with E-state index in [2.05, 4.69) is 325 Å². The second-order valence-corrected chi connectivity index (χ2v) is 31.2. The molecule has 0 saturated heterocycles. The van der Waals surface area contributed by atoms with Gasteiger partial charge in [-0.3, -0.25) is 0 Å². The molecule has 0 aliphatic rings. The Morgan fingerprint density at radius 3 is 0.944 bits per heavy atom. The number of hydrogen-bond donors (Lipinski definition) is 0. The molecule has 0 N–H and O–H groups in total. The van der Waals surface area contributed by atoms with Crippen LogP contribution in [0.25, 0.3) is 234 Å². The molecular weight excluding hydrogens is 1510 g/mol. The number of fused-ring (bicyclic) bond motifs is 12. The lowest BCUT2D eigenvalue weighted by Crippen LogP contribution is -2.01. The van der Waals surface area contributed by atoms with E-state index in [1.165, 1.54) is 21.9 Å². The maximum atomic E-state index is 6.78. The minimum atomic E-state index is 0.588. The van der Waals surface area contributed by atoms with E-state index in [-0.39, 0.29) is 0 Å². The van der Waals surface area contributed by atoms with Crippen molar-refractivity contribution in [2.45, 2.75) is 0 Å². The van der Waals surface area contributed by atoms with Crippen molar-refractivity contribution in [3.8, 4) is 146 Å². The quantitative estimate of drug-likeness (QED) is 0.106. The maximum absolute atomic E-state index is 6.78. The highest BCUT2D eigenvalue weighted by Crippen LogP contribution is 2.47. The molecule has 0 spiro atoms. The highest BCUT2D eigenvalue weighted by Gasteiger charge is 2.26. The molecule has 0 aliphatic carbocycles. The third-order valence-electron chi connectivity index (χ3n) is 23.7. The molecule has 10 heteroatoms. The van der Waals surface area contributed by atoms with Crippen LogP contribution in [0.2, 0.25) is 0 Å². The van der Waals surface area contributed by atoms with Gasteiger partial charge in [0, 0.05) is 87.8 Å². The summed E-state index contributed by atoms with van der Waals surface area (Å²) < 4.78 is 18.1. The summed E-state index contributed by atoms with van der Waals surface area (Å²) in [6.45, 7) is 0. The molecular formula is C114H72N8O2. The van der Waals surface area contributed by atoms with Gasteiger partial charge < -0.3 is 18.0 Å². The van der Waals surface area contributed by atoms with E-state index in [1.54, 1.807) is 0 Å². The molecule has 18 aromatic carbocycles. The van der Waals surface area contributed by atoms with Gasteiger partial charge in [-0.1, -0.05) is 334 Å². The molecule has 0 saturated carbocycles. The molecule has 124 heavy (non-hydrogen) atoms. The zero-order valence-electron chi connectivity index (χ0n) is 67.0. The molecule has 10 nitrogen and oxygen atoms in total. The van der Waals surface area contributed by atoms with Crippen LogP contribution in [-0.4, -0.2) is 39.0 Å². The van der Waals surface area contributed by atoms with E-state index in [0.717, 1.165) is 177 Å². The molecule has 0 unspecified atom stereocenters. The zero-order chi connectivity index (χ0) is 82.0. The van der Waals surface area contributed by atoms with Crippen molar-refractivity contribution in [2.24, 2.45) is 0 Å². The summed E-state index contributed by atoms with van der Waals surface area (Å²) in [5.74, 6) is 3.64. The van der Waals surface area contributed by atoms with Crippen LogP contribution < -0.4 is 0 Å². The lowest BCUT2D eigenvalue weighted by molar-refractivity contribution is 0.669. The van der Waals surface area contributed by atoms with Gasteiger partial charge in [-0.2, -0.15) is 0 Å². The largest absolute Gasteiger partial charge is 0.456 e. The Bertz CT molecular complexity index is 8080. The van der Waals surface area contributed by atoms with Gasteiger partial charge in [0.15, 0.2) is 34.9 Å². The summed E-state index contributed by atoms with van der Waals surface area (Å²) in [6.07, 6.45) is 0. The molecule has 6 aromatic heterocycles. The average molecular weight is 1590 g/mol. The van der Waals surface area contributed by atoms with Crippen molar-refractivity contribution in [3.63, 3.8) is 0 Å². The van der Waals surface area contributed by atoms with E-state index in [1.807, 2.05) is 121 Å². The van der Waals surface area contributed by atoms with Gasteiger partial charge in [0.2, 0.25) is 0 Å². The molecule has 0 amide bonds.